The van der Waals surface area contributed by atoms with Crippen LogP contribution in [0.1, 0.15) is 89.9 Å². The third kappa shape index (κ3) is 17.6. The van der Waals surface area contributed by atoms with E-state index in [9.17, 15) is 45.9 Å². The van der Waals surface area contributed by atoms with E-state index in [-0.39, 0.29) is 190 Å². The molecule has 0 radical (unpaired) electrons. The van der Waals surface area contributed by atoms with E-state index in [4.69, 9.17) is 46.4 Å². The van der Waals surface area contributed by atoms with Gasteiger partial charge in [0, 0.05) is 41.8 Å². The average molecular weight is 982 g/mol. The molecule has 56 heavy (non-hydrogen) atoms. The number of alkyl halides is 4. The fraction of sp³-hybridized carbons (Fsp3) is 0.806. The maximum atomic E-state index is 12.4. The van der Waals surface area contributed by atoms with Crippen molar-refractivity contribution in [2.45, 2.75) is 124 Å². The number of rotatable bonds is 16. The number of azo groups is 1. The Morgan fingerprint density at radius 3 is 1.84 bits per heavy atom. The Kier molecular flexibility index (Phi) is 27.6. The number of nitrogens with one attached hydrogen (secondary N) is 1. The zero-order chi connectivity index (χ0) is 40.1. The van der Waals surface area contributed by atoms with Crippen LogP contribution in [0.25, 0.3) is 0 Å². The minimum Gasteiger partial charge on any atom is -0.748 e. The molecule has 0 bridgehead atoms. The monoisotopic (exact) mass is 979 g/mol. The molecular formula is C31H44Cl4K3N7O9S2. The first-order valence-electron chi connectivity index (χ1n) is 17.1. The minimum absolute atomic E-state index is 0. The molecule has 0 aliphatic heterocycles. The van der Waals surface area contributed by atoms with Gasteiger partial charge in [-0.15, -0.1) is 51.5 Å². The summed E-state index contributed by atoms with van der Waals surface area (Å²) in [4.78, 5) is 26.3. The number of aliphatic carboxylic acids is 1. The number of unbranched alkanes of at least 4 members (excludes halogenated alkanes) is 2. The maximum absolute atomic E-state index is 12.4. The smallest absolute Gasteiger partial charge is 0.748 e. The van der Waals surface area contributed by atoms with Crippen molar-refractivity contribution in [1.82, 2.24) is 20.0 Å². The van der Waals surface area contributed by atoms with Crippen LogP contribution >= 0.6 is 46.4 Å². The van der Waals surface area contributed by atoms with Crippen LogP contribution in [0.5, 0.6) is 0 Å². The standard InChI is InChI=1S/C31H47Cl4N7O9S2.3K/c1-17(43)37-21-15-18(41(11-5-7-13-52(46,47)48)12-6-8-14-53(49,50)51)9-10-20(21)38-39-29-19(16-36)28(31(2,3)4)40-42(29)27-25(34)23(32)22(30(44)45)24(33)26(27)35;;;/h18,20-27H,5-15H2,1-4H3,(H,37,43)(H,44,45)(H,46,47,48)(H,49,50,51);;;/q;3*+1/p-3. The Hall–Kier alpha value is 3.09. The first-order chi connectivity index (χ1) is 24.5. The molecule has 3 rings (SSSR count). The van der Waals surface area contributed by atoms with Gasteiger partial charge in [-0.3, -0.25) is 4.79 Å². The molecule has 2 aliphatic carbocycles. The molecule has 2 saturated carbocycles. The van der Waals surface area contributed by atoms with Crippen molar-refractivity contribution in [3.63, 3.8) is 0 Å². The van der Waals surface area contributed by atoms with Crippen molar-refractivity contribution in [3.05, 3.63) is 11.3 Å². The molecule has 7 unspecified atom stereocenters. The van der Waals surface area contributed by atoms with Gasteiger partial charge < -0.3 is 29.2 Å². The zero-order valence-corrected chi connectivity index (χ0v) is 46.7. The molecule has 1 heterocycles. The second-order valence-corrected chi connectivity index (χ2v) is 19.6. The van der Waals surface area contributed by atoms with Crippen molar-refractivity contribution in [2.75, 3.05) is 24.6 Å². The number of carbonyl (C=O) groups excluding carboxylic acids is 2. The maximum Gasteiger partial charge on any atom is 1.00 e. The Labute approximate surface area is 477 Å². The number of hydrogen-bond donors (Lipinski definition) is 1. The SMILES string of the molecule is CC(=O)NC1CC(N(CCCCS(=O)(=O)[O-])CCCCS(=O)(=O)[O-])CCC1N=Nc1c(C#N)c(C(C)(C)C)nn1C1C(Cl)C(Cl)C(C(=O)[O-])C(Cl)C1Cl.[K+].[K+].[K+]. The number of hydrogen-bond acceptors (Lipinski definition) is 14. The number of nitrogens with zero attached hydrogens (tertiary/aromatic N) is 6. The molecule has 0 spiro atoms. The fourth-order valence-electron chi connectivity index (χ4n) is 6.82. The van der Waals surface area contributed by atoms with E-state index in [2.05, 4.69) is 26.7 Å². The third-order valence-corrected chi connectivity index (χ3v) is 13.4. The van der Waals surface area contributed by atoms with Crippen LogP contribution in [-0.2, 0) is 35.2 Å². The Morgan fingerprint density at radius 1 is 0.929 bits per heavy atom. The number of aromatic nitrogens is 2. The summed E-state index contributed by atoms with van der Waals surface area (Å²) in [6.45, 7) is 7.60. The average Bonchev–Trinajstić information content (AvgIpc) is 3.40. The van der Waals surface area contributed by atoms with Crippen molar-refractivity contribution in [1.29, 1.82) is 5.26 Å². The molecule has 0 aromatic carbocycles. The number of carboxylic acids is 1. The summed E-state index contributed by atoms with van der Waals surface area (Å²) in [7, 11) is -8.81. The summed E-state index contributed by atoms with van der Waals surface area (Å²) in [6, 6.07) is -0.222. The van der Waals surface area contributed by atoms with Gasteiger partial charge in [-0.25, -0.2) is 21.5 Å². The molecule has 16 nitrogen and oxygen atoms in total. The number of carboxylic acid groups (broad SMARTS) is 1. The van der Waals surface area contributed by atoms with Gasteiger partial charge >= 0.3 is 154 Å². The molecule has 2 fully saturated rings. The normalized spacial score (nSPS) is 27.1. The van der Waals surface area contributed by atoms with Crippen molar-refractivity contribution in [2.24, 2.45) is 16.1 Å². The molecule has 0 saturated heterocycles. The fourth-order valence-corrected chi connectivity index (χ4v) is 9.74. The summed E-state index contributed by atoms with van der Waals surface area (Å²) in [5.41, 5.74) is -0.263. The van der Waals surface area contributed by atoms with Crippen LogP contribution in [0.3, 0.4) is 0 Å². The summed E-state index contributed by atoms with van der Waals surface area (Å²) in [5, 5.41) is 34.2. The van der Waals surface area contributed by atoms with Gasteiger partial charge in [0.2, 0.25) is 5.91 Å². The van der Waals surface area contributed by atoms with E-state index >= 15 is 0 Å². The van der Waals surface area contributed by atoms with Crippen LogP contribution in [0.15, 0.2) is 10.2 Å². The van der Waals surface area contributed by atoms with E-state index < -0.39 is 88.7 Å². The van der Waals surface area contributed by atoms with E-state index in [1.165, 1.54) is 11.6 Å². The van der Waals surface area contributed by atoms with Crippen molar-refractivity contribution < 1.29 is 195 Å². The minimum atomic E-state index is -4.40. The number of nitriles is 1. The molecule has 1 N–H and O–H groups in total. The Morgan fingerprint density at radius 2 is 1.43 bits per heavy atom. The zero-order valence-electron chi connectivity index (χ0n) is 32.7. The van der Waals surface area contributed by atoms with Crippen LogP contribution in [0, 0.1) is 17.2 Å². The molecular weight excluding hydrogens is 938 g/mol. The van der Waals surface area contributed by atoms with Crippen molar-refractivity contribution >= 4 is 84.3 Å². The van der Waals surface area contributed by atoms with E-state index in [1.54, 1.807) is 0 Å². The summed E-state index contributed by atoms with van der Waals surface area (Å²) in [5.74, 6) is -4.31. The first kappa shape index (κ1) is 59.1. The van der Waals surface area contributed by atoms with Crippen LogP contribution in [0.4, 0.5) is 5.82 Å². The largest absolute Gasteiger partial charge is 1.00 e. The number of halogens is 4. The molecule has 25 heteroatoms. The summed E-state index contributed by atoms with van der Waals surface area (Å²) < 4.78 is 68.2. The predicted molar refractivity (Wildman–Crippen MR) is 194 cm³/mol. The molecule has 1 aromatic rings. The van der Waals surface area contributed by atoms with Gasteiger partial charge in [0.15, 0.2) is 5.82 Å². The van der Waals surface area contributed by atoms with E-state index in [0.717, 1.165) is 0 Å². The van der Waals surface area contributed by atoms with Gasteiger partial charge in [0.1, 0.15) is 11.6 Å². The van der Waals surface area contributed by atoms with E-state index in [1.807, 2.05) is 25.7 Å². The van der Waals surface area contributed by atoms with Crippen LogP contribution in [0.2, 0.25) is 0 Å². The summed E-state index contributed by atoms with van der Waals surface area (Å²) >= 11 is 26.5. The number of amides is 1. The number of carbonyl (C=O) groups is 2. The second kappa shape index (κ2) is 26.1. The van der Waals surface area contributed by atoms with Gasteiger partial charge in [0.05, 0.1) is 65.6 Å². The third-order valence-electron chi connectivity index (χ3n) is 9.38. The Balaban J connectivity index is 0.0000101. The Bertz CT molecular complexity index is 1710. The van der Waals surface area contributed by atoms with Crippen LogP contribution in [-0.4, -0.2) is 117 Å². The van der Waals surface area contributed by atoms with E-state index in [0.29, 0.717) is 50.9 Å². The molecule has 7 atom stereocenters. The quantitative estimate of drug-likeness (QED) is 0.0535. The predicted octanol–water partition coefficient (Wildman–Crippen LogP) is -6.12. The van der Waals surface area contributed by atoms with Crippen molar-refractivity contribution in [3.8, 4) is 6.07 Å². The van der Waals surface area contributed by atoms with Gasteiger partial charge in [-0.1, -0.05) is 20.8 Å². The van der Waals surface area contributed by atoms with Gasteiger partial charge in [-0.2, -0.15) is 15.5 Å². The molecule has 2 aliphatic rings. The molecule has 1 amide bonds. The van der Waals surface area contributed by atoms with Gasteiger partial charge in [-0.05, 0) is 58.0 Å². The van der Waals surface area contributed by atoms with Crippen LogP contribution < -0.4 is 165 Å². The molecule has 300 valence electrons. The second-order valence-electron chi connectivity index (χ2n) is 14.5. The topological polar surface area (TPSA) is 253 Å². The molecule has 1 aromatic heterocycles. The van der Waals surface area contributed by atoms with Gasteiger partial charge in [0.25, 0.3) is 0 Å². The summed E-state index contributed by atoms with van der Waals surface area (Å²) in [6.07, 6.45) is 2.26. The first-order valence-corrected chi connectivity index (χ1v) is 22.0.